The maximum absolute atomic E-state index is 6.42. The van der Waals surface area contributed by atoms with Crippen LogP contribution in [-0.4, -0.2) is 22.3 Å². The van der Waals surface area contributed by atoms with Crippen molar-refractivity contribution < 1.29 is 0 Å². The highest BCUT2D eigenvalue weighted by molar-refractivity contribution is 7.98. The lowest BCUT2D eigenvalue weighted by molar-refractivity contribution is 0.737. The maximum Gasteiger partial charge on any atom is 0.224 e. The summed E-state index contributed by atoms with van der Waals surface area (Å²) in [5, 5.41) is 0.930. The van der Waals surface area contributed by atoms with Gasteiger partial charge < -0.3 is 4.90 Å². The first-order chi connectivity index (χ1) is 14.2. The third-order valence-corrected chi connectivity index (χ3v) is 6.78. The van der Waals surface area contributed by atoms with Crippen LogP contribution in [0.3, 0.4) is 0 Å². The second kappa shape index (κ2) is 7.52. The van der Waals surface area contributed by atoms with E-state index >= 15 is 0 Å². The van der Waals surface area contributed by atoms with Crippen molar-refractivity contribution in [2.75, 3.05) is 11.2 Å². The fourth-order valence-electron chi connectivity index (χ4n) is 4.14. The van der Waals surface area contributed by atoms with Crippen molar-refractivity contribution >= 4 is 46.5 Å². The van der Waals surface area contributed by atoms with Gasteiger partial charge in [0.15, 0.2) is 0 Å². The van der Waals surface area contributed by atoms with Gasteiger partial charge in [0.2, 0.25) is 5.28 Å². The van der Waals surface area contributed by atoms with E-state index in [-0.39, 0.29) is 11.3 Å². The summed E-state index contributed by atoms with van der Waals surface area (Å²) in [5.41, 5.74) is 4.17. The SMILES string of the molecule is CSc1c(Cl)cccc1-c1cc(N2c3ccccc3C3C=CC=CC32)nc(Cl)n1. The predicted molar refractivity (Wildman–Crippen MR) is 123 cm³/mol. The number of anilines is 2. The van der Waals surface area contributed by atoms with Gasteiger partial charge in [0.05, 0.1) is 16.8 Å². The van der Waals surface area contributed by atoms with E-state index in [9.17, 15) is 0 Å². The van der Waals surface area contributed by atoms with E-state index in [2.05, 4.69) is 63.4 Å². The van der Waals surface area contributed by atoms with Crippen LogP contribution in [0.25, 0.3) is 11.3 Å². The molecular formula is C23H17Cl2N3S. The van der Waals surface area contributed by atoms with Gasteiger partial charge in [0.1, 0.15) is 5.82 Å². The summed E-state index contributed by atoms with van der Waals surface area (Å²) in [4.78, 5) is 12.3. The van der Waals surface area contributed by atoms with Gasteiger partial charge in [-0.3, -0.25) is 0 Å². The number of allylic oxidation sites excluding steroid dienone is 2. The van der Waals surface area contributed by atoms with Crippen molar-refractivity contribution in [3.8, 4) is 11.3 Å². The van der Waals surface area contributed by atoms with Crippen molar-refractivity contribution in [2.24, 2.45) is 0 Å². The molecule has 3 aromatic rings. The Morgan fingerprint density at radius 3 is 2.66 bits per heavy atom. The Balaban J connectivity index is 1.68. The fourth-order valence-corrected chi connectivity index (χ4v) is 5.38. The zero-order chi connectivity index (χ0) is 20.0. The second-order valence-electron chi connectivity index (χ2n) is 6.92. The number of para-hydroxylation sites is 1. The summed E-state index contributed by atoms with van der Waals surface area (Å²) in [5.74, 6) is 1.08. The van der Waals surface area contributed by atoms with E-state index in [4.69, 9.17) is 23.2 Å². The molecule has 2 unspecified atom stereocenters. The summed E-state index contributed by atoms with van der Waals surface area (Å²) in [6.07, 6.45) is 10.7. The van der Waals surface area contributed by atoms with E-state index in [0.29, 0.717) is 10.9 Å². The molecule has 2 aliphatic rings. The van der Waals surface area contributed by atoms with Crippen LogP contribution >= 0.6 is 35.0 Å². The monoisotopic (exact) mass is 437 g/mol. The highest BCUT2D eigenvalue weighted by Crippen LogP contribution is 2.47. The molecule has 0 fully saturated rings. The van der Waals surface area contributed by atoms with Gasteiger partial charge in [-0.05, 0) is 35.6 Å². The molecule has 0 saturated carbocycles. The lowest BCUT2D eigenvalue weighted by Crippen LogP contribution is -2.29. The number of benzene rings is 2. The first-order valence-corrected chi connectivity index (χ1v) is 11.3. The molecule has 1 aliphatic carbocycles. The number of fused-ring (bicyclic) bond motifs is 3. The van der Waals surface area contributed by atoms with Crippen LogP contribution < -0.4 is 4.90 Å². The summed E-state index contributed by atoms with van der Waals surface area (Å²) in [6.45, 7) is 0. The third-order valence-electron chi connectivity index (χ3n) is 5.34. The van der Waals surface area contributed by atoms with E-state index in [0.717, 1.165) is 27.7 Å². The zero-order valence-corrected chi connectivity index (χ0v) is 17.9. The van der Waals surface area contributed by atoms with Crippen LogP contribution in [0, 0.1) is 0 Å². The van der Waals surface area contributed by atoms with E-state index in [1.807, 2.05) is 30.5 Å². The molecule has 2 aromatic carbocycles. The van der Waals surface area contributed by atoms with Crippen LogP contribution in [0.5, 0.6) is 0 Å². The maximum atomic E-state index is 6.42. The summed E-state index contributed by atoms with van der Waals surface area (Å²) in [6, 6.07) is 16.5. The molecule has 2 heterocycles. The average molecular weight is 438 g/mol. The quantitative estimate of drug-likeness (QED) is 0.329. The summed E-state index contributed by atoms with van der Waals surface area (Å²) < 4.78 is 0. The molecule has 144 valence electrons. The number of hydrogen-bond acceptors (Lipinski definition) is 4. The number of halogens is 2. The molecule has 2 atom stereocenters. The summed E-state index contributed by atoms with van der Waals surface area (Å²) >= 11 is 14.4. The van der Waals surface area contributed by atoms with Gasteiger partial charge in [-0.15, -0.1) is 11.8 Å². The topological polar surface area (TPSA) is 29.0 Å². The Labute approximate surface area is 184 Å². The lowest BCUT2D eigenvalue weighted by Gasteiger charge is -2.28. The van der Waals surface area contributed by atoms with Crippen LogP contribution in [0.15, 0.2) is 77.7 Å². The molecule has 0 radical (unpaired) electrons. The number of hydrogen-bond donors (Lipinski definition) is 0. The van der Waals surface area contributed by atoms with Crippen LogP contribution in [0.1, 0.15) is 11.5 Å². The van der Waals surface area contributed by atoms with Crippen LogP contribution in [-0.2, 0) is 0 Å². The molecule has 5 rings (SSSR count). The minimum atomic E-state index is 0.163. The van der Waals surface area contributed by atoms with Gasteiger partial charge in [-0.2, -0.15) is 0 Å². The van der Waals surface area contributed by atoms with Crippen molar-refractivity contribution in [1.29, 1.82) is 0 Å². The van der Waals surface area contributed by atoms with Crippen LogP contribution in [0.4, 0.5) is 11.5 Å². The van der Waals surface area contributed by atoms with Crippen molar-refractivity contribution in [1.82, 2.24) is 9.97 Å². The Kier molecular flexibility index (Phi) is 4.86. The van der Waals surface area contributed by atoms with Gasteiger partial charge in [-0.1, -0.05) is 66.2 Å². The van der Waals surface area contributed by atoms with Gasteiger partial charge >= 0.3 is 0 Å². The van der Waals surface area contributed by atoms with E-state index in [1.54, 1.807) is 11.8 Å². The smallest absolute Gasteiger partial charge is 0.224 e. The molecule has 0 spiro atoms. The zero-order valence-electron chi connectivity index (χ0n) is 15.6. The standard InChI is InChI=1S/C23H17Cl2N3S/c1-29-22-16(9-6-10-17(22)24)18-13-21(27-23(25)26-18)28-19-11-4-2-7-14(19)15-8-3-5-12-20(15)28/h2-14,19H,1H3. The Morgan fingerprint density at radius 2 is 1.79 bits per heavy atom. The minimum absolute atomic E-state index is 0.163. The Hall–Kier alpha value is -2.27. The number of nitrogens with zero attached hydrogens (tertiary/aromatic N) is 3. The molecular weight excluding hydrogens is 421 g/mol. The largest absolute Gasteiger partial charge is 0.318 e. The molecule has 0 amide bonds. The van der Waals surface area contributed by atoms with Crippen LogP contribution in [0.2, 0.25) is 10.3 Å². The highest BCUT2D eigenvalue weighted by Gasteiger charge is 2.38. The van der Waals surface area contributed by atoms with Crippen molar-refractivity contribution in [3.05, 3.63) is 88.7 Å². The second-order valence-corrected chi connectivity index (χ2v) is 8.48. The van der Waals surface area contributed by atoms with E-state index < -0.39 is 0 Å². The minimum Gasteiger partial charge on any atom is -0.318 e. The molecule has 0 bridgehead atoms. The predicted octanol–water partition coefficient (Wildman–Crippen LogP) is 6.90. The fraction of sp³-hybridized carbons (Fsp3) is 0.130. The molecule has 1 aromatic heterocycles. The first kappa shape index (κ1) is 18.7. The van der Waals surface area contributed by atoms with Gasteiger partial charge in [-0.25, -0.2) is 9.97 Å². The molecule has 3 nitrogen and oxygen atoms in total. The third kappa shape index (κ3) is 3.16. The highest BCUT2D eigenvalue weighted by atomic mass is 35.5. The molecule has 6 heteroatoms. The Morgan fingerprint density at radius 1 is 0.966 bits per heavy atom. The normalized spacial score (nSPS) is 19.3. The average Bonchev–Trinajstić information content (AvgIpc) is 3.07. The lowest BCUT2D eigenvalue weighted by atomic mass is 9.91. The molecule has 29 heavy (non-hydrogen) atoms. The molecule has 0 N–H and O–H groups in total. The summed E-state index contributed by atoms with van der Waals surface area (Å²) in [7, 11) is 0. The van der Waals surface area contributed by atoms with Gasteiger partial charge in [0, 0.05) is 28.1 Å². The first-order valence-electron chi connectivity index (χ1n) is 9.28. The van der Waals surface area contributed by atoms with E-state index in [1.165, 1.54) is 5.56 Å². The molecule has 0 saturated heterocycles. The Bertz CT molecular complexity index is 1160. The number of thioether (sulfide) groups is 1. The van der Waals surface area contributed by atoms with Gasteiger partial charge in [0.25, 0.3) is 0 Å². The van der Waals surface area contributed by atoms with Crippen molar-refractivity contribution in [2.45, 2.75) is 16.9 Å². The number of rotatable bonds is 3. The van der Waals surface area contributed by atoms with Crippen molar-refractivity contribution in [3.63, 3.8) is 0 Å². The molecule has 1 aliphatic heterocycles. The number of aromatic nitrogens is 2.